The van der Waals surface area contributed by atoms with Crippen LogP contribution in [0.1, 0.15) is 6.23 Å². The minimum atomic E-state index is -4.85. The van der Waals surface area contributed by atoms with Gasteiger partial charge in [0, 0.05) is 10.8 Å². The van der Waals surface area contributed by atoms with E-state index in [4.69, 9.17) is 30.6 Å². The van der Waals surface area contributed by atoms with Gasteiger partial charge in [-0.2, -0.15) is 9.97 Å². The molecule has 5 aromatic rings. The first-order valence-electron chi connectivity index (χ1n) is 11.8. The van der Waals surface area contributed by atoms with Crippen LogP contribution in [0.3, 0.4) is 0 Å². The Bertz CT molecular complexity index is 1800. The monoisotopic (exact) mass is 609 g/mol. The third kappa shape index (κ3) is 4.86. The first-order chi connectivity index (χ1) is 18.9. The molecule has 40 heavy (non-hydrogen) atoms. The summed E-state index contributed by atoms with van der Waals surface area (Å²) in [5, 5.41) is 23.2. The second-order valence-electron chi connectivity index (χ2n) is 9.30. The van der Waals surface area contributed by atoms with E-state index in [0.29, 0.717) is 11.3 Å². The molecule has 1 saturated heterocycles. The van der Waals surface area contributed by atoms with Gasteiger partial charge in [-0.3, -0.25) is 18.3 Å². The number of para-hydroxylation sites is 2. The van der Waals surface area contributed by atoms with E-state index in [-0.39, 0.29) is 10.9 Å². The highest BCUT2D eigenvalue weighted by Crippen LogP contribution is 2.55. The molecule has 0 aliphatic carbocycles. The minimum absolute atomic E-state index is 0.113. The average molecular weight is 610 g/mol. The first-order valence-corrected chi connectivity index (χ1v) is 15.8. The van der Waals surface area contributed by atoms with Crippen LogP contribution in [0.15, 0.2) is 54.9 Å². The molecule has 1 aliphatic rings. The Morgan fingerprint density at radius 3 is 2.20 bits per heavy atom. The van der Waals surface area contributed by atoms with E-state index in [1.165, 1.54) is 10.9 Å². The van der Waals surface area contributed by atoms with Gasteiger partial charge in [0.1, 0.15) is 18.3 Å². The summed E-state index contributed by atoms with van der Waals surface area (Å²) in [6, 6.07) is 15.5. The highest BCUT2D eigenvalue weighted by atomic mass is 35.5. The first kappa shape index (κ1) is 27.4. The van der Waals surface area contributed by atoms with Crippen LogP contribution in [-0.2, 0) is 18.4 Å². The number of halogens is 1. The van der Waals surface area contributed by atoms with Crippen molar-refractivity contribution in [2.75, 3.05) is 12.5 Å². The topological polar surface area (TPSA) is 202 Å². The molecule has 5 unspecified atom stereocenters. The largest absolute Gasteiger partial charge is 0.387 e. The maximum Gasteiger partial charge on any atom is 0.340 e. The molecule has 0 amide bonds. The number of fused-ring (bicyclic) bond motifs is 4. The van der Waals surface area contributed by atoms with Gasteiger partial charge < -0.3 is 34.2 Å². The third-order valence-electron chi connectivity index (χ3n) is 6.58. The summed E-state index contributed by atoms with van der Waals surface area (Å²) in [6.45, 7) is -0.725. The molecule has 6 rings (SSSR count). The molecule has 5 atom stereocenters. The van der Waals surface area contributed by atoms with E-state index in [2.05, 4.69) is 15.0 Å². The molecule has 0 spiro atoms. The molecule has 2 aromatic carbocycles. The minimum Gasteiger partial charge on any atom is -0.387 e. The van der Waals surface area contributed by atoms with Gasteiger partial charge in [-0.05, 0) is 23.7 Å². The van der Waals surface area contributed by atoms with E-state index in [1.807, 2.05) is 53.1 Å². The van der Waals surface area contributed by atoms with E-state index in [9.17, 15) is 24.2 Å². The van der Waals surface area contributed by atoms with Gasteiger partial charge in [0.05, 0.1) is 24.0 Å². The molecule has 0 bridgehead atoms. The fourth-order valence-corrected chi connectivity index (χ4v) is 7.66. The molecule has 0 radical (unpaired) electrons. The van der Waals surface area contributed by atoms with E-state index in [0.717, 1.165) is 21.8 Å². The Balaban J connectivity index is 1.38. The number of hydrogen-bond donors (Lipinski definition) is 5. The van der Waals surface area contributed by atoms with Crippen molar-refractivity contribution in [3.63, 3.8) is 0 Å². The van der Waals surface area contributed by atoms with Crippen LogP contribution in [-0.4, -0.2) is 79.8 Å². The lowest BCUT2D eigenvalue weighted by molar-refractivity contribution is -0.0483. The van der Waals surface area contributed by atoms with Crippen molar-refractivity contribution in [2.24, 2.45) is 0 Å². The van der Waals surface area contributed by atoms with E-state index < -0.39 is 52.2 Å². The molecular weight excluding hydrogens is 588 g/mol. The summed E-state index contributed by atoms with van der Waals surface area (Å²) in [6.07, 6.45) is -4.36. The van der Waals surface area contributed by atoms with E-state index in [1.54, 1.807) is 0 Å². The second kappa shape index (κ2) is 9.97. The van der Waals surface area contributed by atoms with Crippen molar-refractivity contribution < 1.29 is 43.3 Å². The molecule has 1 fully saturated rings. The molecule has 0 saturated carbocycles. The average Bonchev–Trinajstić information content (AvgIpc) is 3.53. The summed E-state index contributed by atoms with van der Waals surface area (Å²) >= 11 is 6.35. The summed E-state index contributed by atoms with van der Waals surface area (Å²) in [4.78, 5) is 40.9. The molecule has 5 N–H and O–H groups in total. The Morgan fingerprint density at radius 1 is 0.950 bits per heavy atom. The number of aliphatic hydroxyl groups is 2. The molecule has 4 heterocycles. The lowest BCUT2D eigenvalue weighted by atomic mass is 10.1. The van der Waals surface area contributed by atoms with Gasteiger partial charge in [0.25, 0.3) is 0 Å². The third-order valence-corrected chi connectivity index (χ3v) is 10.2. The zero-order chi connectivity index (χ0) is 28.4. The number of imidazole rings is 1. The summed E-state index contributed by atoms with van der Waals surface area (Å²) in [5.41, 5.74) is 2.21. The fourth-order valence-electron chi connectivity index (χ4n) is 4.93. The standard InChI is InChI=1S/C23H22ClN5O9P2/c24-23-26-20-17(21(27-23)29-14-7-3-1-5-12(14)13-6-2-4-8-15(13)29)25-10-28(20)22-19(31)18(30)16(38-22)9-37-40(35,36)11-39(32,33)34/h1-8,10,16,18-19,22,30-31H,9,11H2,(H,35,36)(H2,32,33,34). The maximum absolute atomic E-state index is 12.0. The maximum atomic E-state index is 12.0. The van der Waals surface area contributed by atoms with Crippen molar-refractivity contribution >= 4 is 59.8 Å². The van der Waals surface area contributed by atoms with Crippen LogP contribution in [0.2, 0.25) is 5.28 Å². The predicted molar refractivity (Wildman–Crippen MR) is 143 cm³/mol. The number of benzene rings is 2. The number of hydrogen-bond acceptors (Lipinski definition) is 9. The zero-order valence-electron chi connectivity index (χ0n) is 20.3. The molecule has 14 nitrogen and oxygen atoms in total. The SMILES string of the molecule is O=P(O)(O)CP(=O)(O)OCC1OC(n2cnc3c(-n4c5ccccc5c5ccccc54)nc(Cl)nc32)C(O)C1O. The Labute approximate surface area is 230 Å². The summed E-state index contributed by atoms with van der Waals surface area (Å²) in [5.74, 6) is -1.03. The number of aliphatic hydroxyl groups excluding tert-OH is 2. The van der Waals surface area contributed by atoms with Gasteiger partial charge in [-0.25, -0.2) is 4.98 Å². The zero-order valence-corrected chi connectivity index (χ0v) is 22.8. The highest BCUT2D eigenvalue weighted by molar-refractivity contribution is 7.70. The second-order valence-corrected chi connectivity index (χ2v) is 13.6. The smallest absolute Gasteiger partial charge is 0.340 e. The van der Waals surface area contributed by atoms with Crippen LogP contribution in [0.5, 0.6) is 0 Å². The van der Waals surface area contributed by atoms with E-state index >= 15 is 0 Å². The Hall–Kier alpha value is -2.74. The lowest BCUT2D eigenvalue weighted by Crippen LogP contribution is -2.33. The Kier molecular flexibility index (Phi) is 6.83. The van der Waals surface area contributed by atoms with Crippen LogP contribution in [0.25, 0.3) is 38.8 Å². The van der Waals surface area contributed by atoms with Crippen LogP contribution < -0.4 is 0 Å². The highest BCUT2D eigenvalue weighted by Gasteiger charge is 2.46. The van der Waals surface area contributed by atoms with Crippen LogP contribution in [0, 0.1) is 0 Å². The van der Waals surface area contributed by atoms with Crippen molar-refractivity contribution in [3.05, 3.63) is 60.1 Å². The quantitative estimate of drug-likeness (QED) is 0.133. The normalized spacial score (nSPS) is 23.4. The van der Waals surface area contributed by atoms with Crippen LogP contribution in [0.4, 0.5) is 0 Å². The predicted octanol–water partition coefficient (Wildman–Crippen LogP) is 2.53. The summed E-state index contributed by atoms with van der Waals surface area (Å²) < 4.78 is 36.9. The molecular formula is C23H22ClN5O9P2. The van der Waals surface area contributed by atoms with Gasteiger partial charge in [-0.1, -0.05) is 36.4 Å². The van der Waals surface area contributed by atoms with Crippen molar-refractivity contribution in [1.29, 1.82) is 0 Å². The van der Waals surface area contributed by atoms with Gasteiger partial charge in [0.2, 0.25) is 5.28 Å². The van der Waals surface area contributed by atoms with Gasteiger partial charge in [0.15, 0.2) is 29.1 Å². The molecule has 210 valence electrons. The molecule has 3 aromatic heterocycles. The number of aromatic nitrogens is 5. The van der Waals surface area contributed by atoms with Gasteiger partial charge in [-0.15, -0.1) is 0 Å². The molecule has 1 aliphatic heterocycles. The van der Waals surface area contributed by atoms with Crippen molar-refractivity contribution in [2.45, 2.75) is 24.5 Å². The number of nitrogens with zero attached hydrogens (tertiary/aromatic N) is 5. The Morgan fingerprint density at radius 2 is 1.57 bits per heavy atom. The fraction of sp³-hybridized carbons (Fsp3) is 0.261. The lowest BCUT2D eigenvalue weighted by Gasteiger charge is -2.18. The van der Waals surface area contributed by atoms with Crippen molar-refractivity contribution in [3.8, 4) is 5.82 Å². The van der Waals surface area contributed by atoms with Crippen molar-refractivity contribution in [1.82, 2.24) is 24.1 Å². The summed E-state index contributed by atoms with van der Waals surface area (Å²) in [7, 11) is -9.56. The van der Waals surface area contributed by atoms with Crippen LogP contribution >= 0.6 is 26.8 Å². The molecule has 17 heteroatoms. The van der Waals surface area contributed by atoms with Gasteiger partial charge >= 0.3 is 15.2 Å². The number of rotatable bonds is 7. The number of ether oxygens (including phenoxy) is 1.